The average molecular weight is 480 g/mol. The first-order valence-electron chi connectivity index (χ1n) is 11.7. The van der Waals surface area contributed by atoms with E-state index < -0.39 is 0 Å². The van der Waals surface area contributed by atoms with Crippen LogP contribution in [0.5, 0.6) is 0 Å². The van der Waals surface area contributed by atoms with Gasteiger partial charge in [0.05, 0.1) is 16.6 Å². The lowest BCUT2D eigenvalue weighted by atomic mass is 10.00. The zero-order valence-electron chi connectivity index (χ0n) is 19.2. The Morgan fingerprint density at radius 2 is 2.12 bits per heavy atom. The molecule has 4 aromatic rings. The van der Waals surface area contributed by atoms with Crippen molar-refractivity contribution in [3.63, 3.8) is 0 Å². The summed E-state index contributed by atoms with van der Waals surface area (Å²) in [6, 6.07) is 4.13. The number of rotatable bonds is 9. The van der Waals surface area contributed by atoms with Crippen molar-refractivity contribution < 1.29 is 4.79 Å². The lowest BCUT2D eigenvalue weighted by Gasteiger charge is -2.13. The van der Waals surface area contributed by atoms with Gasteiger partial charge in [-0.3, -0.25) is 14.5 Å². The largest absolute Gasteiger partial charge is 0.312 e. The first-order chi connectivity index (χ1) is 16.1. The fraction of sp³-hybridized carbons (Fsp3) is 0.440. The van der Waals surface area contributed by atoms with Gasteiger partial charge in [-0.25, -0.2) is 4.98 Å². The van der Waals surface area contributed by atoms with Crippen LogP contribution in [0.3, 0.4) is 0 Å². The van der Waals surface area contributed by atoms with Gasteiger partial charge in [-0.2, -0.15) is 5.10 Å². The summed E-state index contributed by atoms with van der Waals surface area (Å²) in [6.45, 7) is 6.92. The third-order valence-corrected chi connectivity index (χ3v) is 8.48. The number of nitrogens with zero attached hydrogens (tertiary/aromatic N) is 4. The molecule has 0 amide bonds. The minimum absolute atomic E-state index is 0.330. The van der Waals surface area contributed by atoms with Crippen LogP contribution in [-0.4, -0.2) is 32.1 Å². The molecule has 1 aliphatic heterocycles. The average Bonchev–Trinajstić information content (AvgIpc) is 3.47. The molecular weight excluding hydrogens is 450 g/mol. The first kappa shape index (κ1) is 22.4. The molecular formula is C25H29N5OS2. The Morgan fingerprint density at radius 3 is 2.94 bits per heavy atom. The number of fused-ring (bicyclic) bond motifs is 2. The Balaban J connectivity index is 1.24. The minimum atomic E-state index is 0.330. The summed E-state index contributed by atoms with van der Waals surface area (Å²) in [6.07, 6.45) is 8.83. The highest BCUT2D eigenvalue weighted by molar-refractivity contribution is 7.22. The fourth-order valence-electron chi connectivity index (χ4n) is 4.58. The highest BCUT2D eigenvalue weighted by atomic mass is 32.1. The molecule has 1 N–H and O–H groups in total. The summed E-state index contributed by atoms with van der Waals surface area (Å²) in [5.41, 5.74) is 5.81. The number of carbonyl (C=O) groups excluding carboxylic acids is 1. The normalized spacial score (nSPS) is 13.5. The highest BCUT2D eigenvalue weighted by Gasteiger charge is 2.25. The number of aromatic nitrogens is 4. The summed E-state index contributed by atoms with van der Waals surface area (Å²) in [4.78, 5) is 24.6. The van der Waals surface area contributed by atoms with Crippen molar-refractivity contribution in [1.82, 2.24) is 25.1 Å². The number of aryl methyl sites for hydroxylation is 3. The van der Waals surface area contributed by atoms with Crippen molar-refractivity contribution >= 4 is 38.7 Å². The fourth-order valence-corrected chi connectivity index (χ4v) is 7.03. The molecule has 0 aromatic carbocycles. The molecule has 0 fully saturated rings. The molecule has 0 bridgehead atoms. The summed E-state index contributed by atoms with van der Waals surface area (Å²) in [5, 5.41) is 9.03. The zero-order chi connectivity index (χ0) is 22.8. The van der Waals surface area contributed by atoms with Gasteiger partial charge in [0.1, 0.15) is 16.3 Å². The Labute approximate surface area is 202 Å². The van der Waals surface area contributed by atoms with Crippen LogP contribution >= 0.6 is 22.7 Å². The molecule has 0 aliphatic carbocycles. The molecule has 0 spiro atoms. The molecule has 0 unspecified atom stereocenters. The molecule has 6 nitrogen and oxygen atoms in total. The maximum absolute atomic E-state index is 12.9. The van der Waals surface area contributed by atoms with Crippen LogP contribution in [0.15, 0.2) is 24.5 Å². The van der Waals surface area contributed by atoms with E-state index in [2.05, 4.69) is 33.1 Å². The third kappa shape index (κ3) is 4.93. The molecule has 33 heavy (non-hydrogen) atoms. The maximum Gasteiger partial charge on any atom is 0.138 e. The van der Waals surface area contributed by atoms with Crippen molar-refractivity contribution in [2.75, 3.05) is 6.54 Å². The van der Waals surface area contributed by atoms with Gasteiger partial charge in [-0.1, -0.05) is 6.42 Å². The van der Waals surface area contributed by atoms with E-state index in [9.17, 15) is 4.79 Å². The molecule has 5 rings (SSSR count). The number of ketones is 1. The van der Waals surface area contributed by atoms with Crippen LogP contribution < -0.4 is 5.32 Å². The van der Waals surface area contributed by atoms with Gasteiger partial charge in [-0.15, -0.1) is 22.7 Å². The van der Waals surface area contributed by atoms with Crippen molar-refractivity contribution in [3.05, 3.63) is 51.2 Å². The van der Waals surface area contributed by atoms with Gasteiger partial charge in [0.2, 0.25) is 0 Å². The Kier molecular flexibility index (Phi) is 6.66. The number of thiophene rings is 1. The van der Waals surface area contributed by atoms with Crippen molar-refractivity contribution in [2.45, 2.75) is 65.5 Å². The molecule has 4 aromatic heterocycles. The van der Waals surface area contributed by atoms with E-state index in [0.29, 0.717) is 18.6 Å². The van der Waals surface area contributed by atoms with Gasteiger partial charge in [0.25, 0.3) is 0 Å². The third-order valence-electron chi connectivity index (χ3n) is 6.19. The van der Waals surface area contributed by atoms with Gasteiger partial charge >= 0.3 is 0 Å². The van der Waals surface area contributed by atoms with Crippen LogP contribution in [0.2, 0.25) is 0 Å². The zero-order valence-corrected chi connectivity index (χ0v) is 20.8. The number of Topliss-reactive ketones (excluding diaryl/α,β-unsaturated/α-hetero) is 1. The number of hydrogen-bond donors (Lipinski definition) is 1. The molecule has 8 heteroatoms. The number of nitrogens with one attached hydrogen (secondary N) is 1. The van der Waals surface area contributed by atoms with Crippen molar-refractivity contribution in [3.8, 4) is 10.6 Å². The summed E-state index contributed by atoms with van der Waals surface area (Å²) in [5.74, 6) is 0.330. The molecule has 0 atom stereocenters. The topological polar surface area (TPSA) is 72.7 Å². The van der Waals surface area contributed by atoms with E-state index in [-0.39, 0.29) is 0 Å². The summed E-state index contributed by atoms with van der Waals surface area (Å²) >= 11 is 3.51. The quantitative estimate of drug-likeness (QED) is 0.332. The standard InChI is InChI=1S/C25H29N5OS2/c1-16-12-17(2)30(29-16)11-5-3-4-6-18(31)13-22-24(19-7-9-27-15-23(19)32-22)25-28-20-14-26-10-8-21(20)33-25/h8,10,12,14,27H,3-7,9,11,13,15H2,1-2H3. The number of pyridine rings is 1. The van der Waals surface area contributed by atoms with E-state index >= 15 is 0 Å². The van der Waals surface area contributed by atoms with E-state index in [1.807, 2.05) is 25.4 Å². The summed E-state index contributed by atoms with van der Waals surface area (Å²) in [7, 11) is 0. The van der Waals surface area contributed by atoms with Gasteiger partial charge < -0.3 is 5.32 Å². The molecule has 0 saturated carbocycles. The Morgan fingerprint density at radius 1 is 1.21 bits per heavy atom. The minimum Gasteiger partial charge on any atom is -0.312 e. The second-order valence-corrected chi connectivity index (χ2v) is 11.0. The summed E-state index contributed by atoms with van der Waals surface area (Å²) < 4.78 is 3.22. The molecule has 5 heterocycles. The molecule has 0 radical (unpaired) electrons. The van der Waals surface area contributed by atoms with Crippen molar-refractivity contribution in [1.29, 1.82) is 0 Å². The number of thiazole rings is 1. The van der Waals surface area contributed by atoms with E-state index in [0.717, 1.165) is 66.2 Å². The van der Waals surface area contributed by atoms with Crippen LogP contribution in [0.1, 0.15) is 52.4 Å². The number of unbranched alkanes of at least 4 members (excludes halogenated alkanes) is 2. The number of hydrogen-bond acceptors (Lipinski definition) is 7. The van der Waals surface area contributed by atoms with Gasteiger partial charge in [0.15, 0.2) is 0 Å². The number of carbonyl (C=O) groups is 1. The van der Waals surface area contributed by atoms with Gasteiger partial charge in [0, 0.05) is 53.1 Å². The van der Waals surface area contributed by atoms with E-state index in [1.165, 1.54) is 26.6 Å². The molecule has 1 aliphatic rings. The second-order valence-electron chi connectivity index (χ2n) is 8.77. The SMILES string of the molecule is Cc1cc(C)n(CCCCCC(=O)Cc2sc3c(c2-c2nc4cnccc4s2)CCNC3)n1. The monoisotopic (exact) mass is 479 g/mol. The Hall–Kier alpha value is -2.42. The lowest BCUT2D eigenvalue weighted by Crippen LogP contribution is -2.22. The van der Waals surface area contributed by atoms with Crippen LogP contribution in [-0.2, 0) is 30.7 Å². The maximum atomic E-state index is 12.9. The highest BCUT2D eigenvalue weighted by Crippen LogP contribution is 2.41. The molecule has 172 valence electrons. The Bertz CT molecular complexity index is 1250. The van der Waals surface area contributed by atoms with Gasteiger partial charge in [-0.05, 0) is 57.4 Å². The van der Waals surface area contributed by atoms with E-state index in [1.54, 1.807) is 22.7 Å². The van der Waals surface area contributed by atoms with Crippen LogP contribution in [0.4, 0.5) is 0 Å². The smallest absolute Gasteiger partial charge is 0.138 e. The predicted octanol–water partition coefficient (Wildman–Crippen LogP) is 5.25. The van der Waals surface area contributed by atoms with Crippen molar-refractivity contribution in [2.24, 2.45) is 0 Å². The lowest BCUT2D eigenvalue weighted by molar-refractivity contribution is -0.118. The molecule has 0 saturated heterocycles. The van der Waals surface area contributed by atoms with Crippen LogP contribution in [0.25, 0.3) is 20.8 Å². The van der Waals surface area contributed by atoms with E-state index in [4.69, 9.17) is 4.98 Å². The first-order valence-corrected chi connectivity index (χ1v) is 13.3. The second kappa shape index (κ2) is 9.83. The van der Waals surface area contributed by atoms with Crippen LogP contribution in [0, 0.1) is 13.8 Å². The predicted molar refractivity (Wildman–Crippen MR) is 135 cm³/mol.